The van der Waals surface area contributed by atoms with Crippen LogP contribution >= 0.6 is 0 Å². The van der Waals surface area contributed by atoms with Gasteiger partial charge in [0.1, 0.15) is 5.76 Å². The summed E-state index contributed by atoms with van der Waals surface area (Å²) in [5.74, 6) is -2.36. The topological polar surface area (TPSA) is 57.6 Å². The Morgan fingerprint density at radius 2 is 1.45 bits per heavy atom. The van der Waals surface area contributed by atoms with E-state index < -0.39 is 29.5 Å². The second-order valence-electron chi connectivity index (χ2n) is 6.99. The average Bonchev–Trinajstić information content (AvgIpc) is 3.04. The number of halogens is 3. The van der Waals surface area contributed by atoms with Gasteiger partial charge < -0.3 is 5.11 Å². The molecule has 31 heavy (non-hydrogen) atoms. The van der Waals surface area contributed by atoms with Crippen LogP contribution in [0.25, 0.3) is 5.76 Å². The first-order chi connectivity index (χ1) is 14.8. The third-order valence-corrected chi connectivity index (χ3v) is 5.06. The molecule has 1 heterocycles. The quantitative estimate of drug-likeness (QED) is 0.352. The molecule has 1 amide bonds. The van der Waals surface area contributed by atoms with E-state index in [1.54, 1.807) is 60.7 Å². The van der Waals surface area contributed by atoms with E-state index in [1.807, 2.05) is 0 Å². The lowest BCUT2D eigenvalue weighted by Crippen LogP contribution is -2.29. The molecular formula is C24H16F3NO3. The van der Waals surface area contributed by atoms with Crippen molar-refractivity contribution in [3.05, 3.63) is 107 Å². The summed E-state index contributed by atoms with van der Waals surface area (Å²) >= 11 is 0. The van der Waals surface area contributed by atoms with E-state index in [1.165, 1.54) is 12.1 Å². The van der Waals surface area contributed by atoms with Gasteiger partial charge in [0.25, 0.3) is 11.7 Å². The van der Waals surface area contributed by atoms with Crippen molar-refractivity contribution in [2.75, 3.05) is 4.90 Å². The van der Waals surface area contributed by atoms with Crippen LogP contribution in [0.2, 0.25) is 0 Å². The minimum atomic E-state index is -4.62. The molecule has 1 unspecified atom stereocenters. The number of nitrogens with zero attached hydrogens (tertiary/aromatic N) is 1. The number of anilines is 1. The number of aliphatic hydroxyl groups is 1. The number of hydrogen-bond donors (Lipinski definition) is 1. The van der Waals surface area contributed by atoms with E-state index in [9.17, 15) is 27.9 Å². The third kappa shape index (κ3) is 3.70. The highest BCUT2D eigenvalue weighted by Crippen LogP contribution is 2.43. The van der Waals surface area contributed by atoms with Crippen molar-refractivity contribution in [2.24, 2.45) is 0 Å². The molecule has 0 spiro atoms. The molecule has 4 nitrogen and oxygen atoms in total. The van der Waals surface area contributed by atoms with Crippen LogP contribution in [0.4, 0.5) is 18.9 Å². The summed E-state index contributed by atoms with van der Waals surface area (Å²) in [6.07, 6.45) is -4.62. The fourth-order valence-corrected chi connectivity index (χ4v) is 3.63. The van der Waals surface area contributed by atoms with Crippen molar-refractivity contribution >= 4 is 23.1 Å². The molecule has 0 bridgehead atoms. The summed E-state index contributed by atoms with van der Waals surface area (Å²) < 4.78 is 39.8. The van der Waals surface area contributed by atoms with Crippen LogP contribution < -0.4 is 4.90 Å². The summed E-state index contributed by atoms with van der Waals surface area (Å²) in [4.78, 5) is 26.9. The maximum absolute atomic E-state index is 13.3. The lowest BCUT2D eigenvalue weighted by molar-refractivity contribution is -0.137. The average molecular weight is 423 g/mol. The molecule has 3 aromatic rings. The monoisotopic (exact) mass is 423 g/mol. The molecule has 1 N–H and O–H groups in total. The van der Waals surface area contributed by atoms with Gasteiger partial charge >= 0.3 is 6.18 Å². The molecule has 156 valence electrons. The van der Waals surface area contributed by atoms with Crippen LogP contribution in [0.5, 0.6) is 0 Å². The van der Waals surface area contributed by atoms with Crippen LogP contribution in [-0.2, 0) is 15.8 Å². The van der Waals surface area contributed by atoms with Crippen LogP contribution in [0.3, 0.4) is 0 Å². The molecule has 0 radical (unpaired) electrons. The van der Waals surface area contributed by atoms with Gasteiger partial charge in [-0.3, -0.25) is 14.5 Å². The summed E-state index contributed by atoms with van der Waals surface area (Å²) in [7, 11) is 0. The predicted octanol–water partition coefficient (Wildman–Crippen LogP) is 5.33. The normalized spacial score (nSPS) is 18.4. The number of hydrogen-bond acceptors (Lipinski definition) is 3. The molecule has 7 heteroatoms. The maximum Gasteiger partial charge on any atom is 0.416 e. The van der Waals surface area contributed by atoms with Gasteiger partial charge in [0.15, 0.2) is 0 Å². The van der Waals surface area contributed by atoms with Gasteiger partial charge in [-0.15, -0.1) is 0 Å². The van der Waals surface area contributed by atoms with E-state index in [0.29, 0.717) is 11.1 Å². The van der Waals surface area contributed by atoms with Gasteiger partial charge in [-0.2, -0.15) is 13.2 Å². The number of alkyl halides is 3. The Morgan fingerprint density at radius 1 is 0.839 bits per heavy atom. The Bertz CT molecular complexity index is 1170. The zero-order valence-corrected chi connectivity index (χ0v) is 16.0. The van der Waals surface area contributed by atoms with E-state index in [4.69, 9.17) is 0 Å². The van der Waals surface area contributed by atoms with Crippen molar-refractivity contribution in [1.82, 2.24) is 0 Å². The first kappa shape index (κ1) is 20.4. The van der Waals surface area contributed by atoms with Crippen LogP contribution in [-0.4, -0.2) is 16.8 Å². The first-order valence-corrected chi connectivity index (χ1v) is 9.37. The lowest BCUT2D eigenvalue weighted by atomic mass is 9.95. The van der Waals surface area contributed by atoms with Crippen molar-refractivity contribution in [3.8, 4) is 0 Å². The number of aliphatic hydroxyl groups excluding tert-OH is 1. The number of carbonyl (C=O) groups is 2. The Morgan fingerprint density at radius 3 is 2.06 bits per heavy atom. The Balaban J connectivity index is 1.94. The fraction of sp³-hybridized carbons (Fsp3) is 0.0833. The summed E-state index contributed by atoms with van der Waals surface area (Å²) in [6.45, 7) is 0. The van der Waals surface area contributed by atoms with E-state index in [2.05, 4.69) is 0 Å². The van der Waals surface area contributed by atoms with Gasteiger partial charge in [0.05, 0.1) is 17.2 Å². The highest BCUT2D eigenvalue weighted by molar-refractivity contribution is 6.51. The van der Waals surface area contributed by atoms with Gasteiger partial charge in [-0.1, -0.05) is 66.7 Å². The van der Waals surface area contributed by atoms with Crippen LogP contribution in [0.1, 0.15) is 22.7 Å². The van der Waals surface area contributed by atoms with E-state index >= 15 is 0 Å². The molecular weight excluding hydrogens is 407 g/mol. The zero-order chi connectivity index (χ0) is 22.2. The maximum atomic E-state index is 13.3. The number of amides is 1. The molecule has 4 rings (SSSR count). The van der Waals surface area contributed by atoms with Crippen molar-refractivity contribution in [3.63, 3.8) is 0 Å². The van der Waals surface area contributed by atoms with Gasteiger partial charge in [-0.25, -0.2) is 0 Å². The second kappa shape index (κ2) is 7.75. The Kier molecular flexibility index (Phi) is 5.10. The molecule has 1 saturated heterocycles. The molecule has 1 atom stereocenters. The lowest BCUT2D eigenvalue weighted by Gasteiger charge is -2.26. The molecule has 3 aromatic carbocycles. The molecule has 1 aliphatic rings. The molecule has 0 saturated carbocycles. The largest absolute Gasteiger partial charge is 0.507 e. The first-order valence-electron chi connectivity index (χ1n) is 9.37. The second-order valence-corrected chi connectivity index (χ2v) is 6.99. The number of ketones is 1. The van der Waals surface area contributed by atoms with Gasteiger partial charge in [0.2, 0.25) is 0 Å². The number of carbonyl (C=O) groups excluding carboxylic acids is 2. The predicted molar refractivity (Wildman–Crippen MR) is 109 cm³/mol. The summed E-state index contributed by atoms with van der Waals surface area (Å²) in [5, 5.41) is 10.9. The van der Waals surface area contributed by atoms with E-state index in [0.717, 1.165) is 17.0 Å². The highest BCUT2D eigenvalue weighted by atomic mass is 19.4. The zero-order valence-electron chi connectivity index (χ0n) is 16.0. The SMILES string of the molecule is O=C1C(=O)N(c2cccc(C(F)(F)F)c2)C(c2ccccc2)/C1=C(/O)c1ccccc1. The summed E-state index contributed by atoms with van der Waals surface area (Å²) in [5.41, 5.74) is -0.401. The summed E-state index contributed by atoms with van der Waals surface area (Å²) in [6, 6.07) is 19.8. The van der Waals surface area contributed by atoms with Crippen LogP contribution in [0.15, 0.2) is 90.5 Å². The fourth-order valence-electron chi connectivity index (χ4n) is 3.63. The molecule has 0 aromatic heterocycles. The number of Topliss-reactive ketones (excluding diaryl/α,β-unsaturated/α-hetero) is 1. The third-order valence-electron chi connectivity index (χ3n) is 5.06. The van der Waals surface area contributed by atoms with E-state index in [-0.39, 0.29) is 17.0 Å². The smallest absolute Gasteiger partial charge is 0.416 e. The van der Waals surface area contributed by atoms with Gasteiger partial charge in [-0.05, 0) is 23.8 Å². The van der Waals surface area contributed by atoms with Crippen molar-refractivity contribution in [1.29, 1.82) is 0 Å². The Labute approximate surface area is 175 Å². The molecule has 1 aliphatic heterocycles. The Hall–Kier alpha value is -3.87. The number of rotatable bonds is 3. The van der Waals surface area contributed by atoms with Gasteiger partial charge in [0, 0.05) is 11.3 Å². The van der Waals surface area contributed by atoms with Crippen LogP contribution in [0, 0.1) is 0 Å². The standard InChI is InChI=1S/C24H16F3NO3/c25-24(26,27)17-12-7-13-18(14-17)28-20(15-8-3-1-4-9-15)19(22(30)23(28)31)21(29)16-10-5-2-6-11-16/h1-14,20,29H/b21-19-. The van der Waals surface area contributed by atoms with Crippen molar-refractivity contribution in [2.45, 2.75) is 12.2 Å². The minimum absolute atomic E-state index is 0.0853. The minimum Gasteiger partial charge on any atom is -0.507 e. The van der Waals surface area contributed by atoms with Crippen molar-refractivity contribution < 1.29 is 27.9 Å². The molecule has 0 aliphatic carbocycles. The number of benzene rings is 3. The highest BCUT2D eigenvalue weighted by Gasteiger charge is 2.47. The molecule has 1 fully saturated rings.